The first-order valence-corrected chi connectivity index (χ1v) is 6.96. The number of hydrogen-bond donors (Lipinski definition) is 0. The van der Waals surface area contributed by atoms with Gasteiger partial charge in [-0.25, -0.2) is 17.2 Å². The van der Waals surface area contributed by atoms with Crippen LogP contribution in [0.5, 0.6) is 0 Å². The number of nitro groups is 1. The minimum atomic E-state index is -4.48. The first-order valence-electron chi connectivity index (χ1n) is 3.86. The third-order valence-electron chi connectivity index (χ3n) is 1.79. The minimum Gasteiger partial charge on any atom is -0.258 e. The second-order valence-corrected chi connectivity index (χ2v) is 6.19. The molecule has 0 amide bonds. The molecule has 0 bridgehead atoms. The summed E-state index contributed by atoms with van der Waals surface area (Å²) < 4.78 is 47.2. The lowest BCUT2D eigenvalue weighted by atomic mass is 10.2. The van der Waals surface area contributed by atoms with Crippen molar-refractivity contribution in [2.45, 2.75) is 11.3 Å². The van der Waals surface area contributed by atoms with Crippen molar-refractivity contribution in [3.63, 3.8) is 0 Å². The Bertz CT molecular complexity index is 577. The molecular formula is C7H3BrClF2NO4S. The van der Waals surface area contributed by atoms with E-state index in [2.05, 4.69) is 15.9 Å². The molecule has 1 aromatic carbocycles. The zero-order chi connectivity index (χ0) is 13.4. The summed E-state index contributed by atoms with van der Waals surface area (Å²) in [6, 6.07) is 1.75. The van der Waals surface area contributed by atoms with E-state index < -0.39 is 36.5 Å². The maximum absolute atomic E-state index is 12.7. The Morgan fingerprint density at radius 1 is 1.41 bits per heavy atom. The lowest BCUT2D eigenvalue weighted by molar-refractivity contribution is -0.387. The van der Waals surface area contributed by atoms with Crippen LogP contribution in [0.25, 0.3) is 0 Å². The normalized spacial score (nSPS) is 11.8. The van der Waals surface area contributed by atoms with Crippen LogP contribution in [0.3, 0.4) is 0 Å². The fourth-order valence-electron chi connectivity index (χ4n) is 1.17. The highest BCUT2D eigenvalue weighted by Gasteiger charge is 2.32. The van der Waals surface area contributed by atoms with Gasteiger partial charge in [-0.15, -0.1) is 0 Å². The number of rotatable bonds is 3. The van der Waals surface area contributed by atoms with Crippen LogP contribution in [-0.4, -0.2) is 13.3 Å². The molecule has 94 valence electrons. The minimum absolute atomic E-state index is 0.248. The molecule has 0 saturated carbocycles. The molecule has 0 aliphatic carbocycles. The average Bonchev–Trinajstić information content (AvgIpc) is 2.14. The molecule has 0 fully saturated rings. The van der Waals surface area contributed by atoms with Gasteiger partial charge >= 0.3 is 0 Å². The molecule has 0 heterocycles. The summed E-state index contributed by atoms with van der Waals surface area (Å²) in [5, 5.41) is 10.6. The topological polar surface area (TPSA) is 77.3 Å². The van der Waals surface area contributed by atoms with Crippen molar-refractivity contribution < 1.29 is 22.1 Å². The number of nitro benzene ring substituents is 1. The predicted molar refractivity (Wildman–Crippen MR) is 58.8 cm³/mol. The quantitative estimate of drug-likeness (QED) is 0.476. The van der Waals surface area contributed by atoms with E-state index in [9.17, 15) is 27.3 Å². The molecule has 0 aromatic heterocycles. The first kappa shape index (κ1) is 14.3. The Morgan fingerprint density at radius 3 is 2.29 bits per heavy atom. The molecule has 0 spiro atoms. The van der Waals surface area contributed by atoms with Crippen LogP contribution < -0.4 is 0 Å². The third kappa shape index (κ3) is 2.90. The van der Waals surface area contributed by atoms with E-state index in [0.29, 0.717) is 0 Å². The summed E-state index contributed by atoms with van der Waals surface area (Å²) in [5.41, 5.74) is -2.24. The molecule has 17 heavy (non-hydrogen) atoms. The van der Waals surface area contributed by atoms with E-state index >= 15 is 0 Å². The fourth-order valence-corrected chi connectivity index (χ4v) is 2.75. The van der Waals surface area contributed by atoms with Gasteiger partial charge in [-0.1, -0.05) is 0 Å². The SMILES string of the molecule is O=[N+]([O-])c1c(Br)ccc(S(=O)(=O)Cl)c1C(F)F. The molecule has 0 aliphatic heterocycles. The average molecular weight is 351 g/mol. The molecule has 5 nitrogen and oxygen atoms in total. The smallest absolute Gasteiger partial charge is 0.258 e. The summed E-state index contributed by atoms with van der Waals surface area (Å²) in [6.07, 6.45) is -3.34. The lowest BCUT2D eigenvalue weighted by Gasteiger charge is -2.07. The number of halogens is 4. The highest BCUT2D eigenvalue weighted by Crippen LogP contribution is 2.40. The molecule has 1 aromatic rings. The van der Waals surface area contributed by atoms with Crippen LogP contribution in [0.15, 0.2) is 21.5 Å². The van der Waals surface area contributed by atoms with E-state index in [1.54, 1.807) is 0 Å². The first-order chi connectivity index (χ1) is 7.66. The third-order valence-corrected chi connectivity index (χ3v) is 3.81. The highest BCUT2D eigenvalue weighted by atomic mass is 79.9. The standard InChI is InChI=1S/C7H3BrClF2NO4S/c8-3-1-2-4(17(9,15)16)5(7(10)11)6(3)12(13)14/h1-2,7H. The van der Waals surface area contributed by atoms with Gasteiger partial charge in [0.2, 0.25) is 0 Å². The van der Waals surface area contributed by atoms with Gasteiger partial charge in [0.15, 0.2) is 0 Å². The molecule has 0 atom stereocenters. The Balaban J connectivity index is 3.78. The summed E-state index contributed by atoms with van der Waals surface area (Å²) in [7, 11) is 0.453. The molecule has 0 radical (unpaired) electrons. The van der Waals surface area contributed by atoms with Gasteiger partial charge in [0.05, 0.1) is 14.3 Å². The van der Waals surface area contributed by atoms with E-state index in [-0.39, 0.29) is 4.47 Å². The van der Waals surface area contributed by atoms with Crippen molar-refractivity contribution in [3.8, 4) is 0 Å². The summed E-state index contributed by atoms with van der Waals surface area (Å²) >= 11 is 2.70. The molecule has 1 rings (SSSR count). The van der Waals surface area contributed by atoms with E-state index in [0.717, 1.165) is 12.1 Å². The van der Waals surface area contributed by atoms with Crippen molar-refractivity contribution in [2.75, 3.05) is 0 Å². The number of benzene rings is 1. The highest BCUT2D eigenvalue weighted by molar-refractivity contribution is 9.10. The maximum atomic E-state index is 12.7. The van der Waals surface area contributed by atoms with Crippen LogP contribution in [0.1, 0.15) is 12.0 Å². The summed E-state index contributed by atoms with van der Waals surface area (Å²) in [6.45, 7) is 0. The van der Waals surface area contributed by atoms with E-state index in [4.69, 9.17) is 10.7 Å². The summed E-state index contributed by atoms with van der Waals surface area (Å²) in [5.74, 6) is 0. The summed E-state index contributed by atoms with van der Waals surface area (Å²) in [4.78, 5) is 8.56. The molecule has 0 saturated heterocycles. The van der Waals surface area contributed by atoms with Crippen molar-refractivity contribution in [1.82, 2.24) is 0 Å². The Kier molecular flexibility index (Phi) is 4.05. The van der Waals surface area contributed by atoms with Crippen LogP contribution >= 0.6 is 26.6 Å². The van der Waals surface area contributed by atoms with Crippen molar-refractivity contribution in [1.29, 1.82) is 0 Å². The van der Waals surface area contributed by atoms with E-state index in [1.165, 1.54) is 0 Å². The van der Waals surface area contributed by atoms with Crippen molar-refractivity contribution in [3.05, 3.63) is 32.3 Å². The zero-order valence-electron chi connectivity index (χ0n) is 7.73. The second kappa shape index (κ2) is 4.83. The Morgan fingerprint density at radius 2 is 1.94 bits per heavy atom. The Labute approximate surface area is 107 Å². The van der Waals surface area contributed by atoms with Crippen LogP contribution in [0, 0.1) is 10.1 Å². The van der Waals surface area contributed by atoms with Gasteiger partial charge in [-0.3, -0.25) is 10.1 Å². The number of nitrogens with zero attached hydrogens (tertiary/aromatic N) is 1. The molecule has 0 aliphatic rings. The fraction of sp³-hybridized carbons (Fsp3) is 0.143. The van der Waals surface area contributed by atoms with Gasteiger partial charge in [0, 0.05) is 10.7 Å². The predicted octanol–water partition coefficient (Wildman–Crippen LogP) is 3.22. The number of alkyl halides is 2. The van der Waals surface area contributed by atoms with Gasteiger partial charge in [-0.05, 0) is 28.1 Å². The molecular weight excluding hydrogens is 348 g/mol. The zero-order valence-corrected chi connectivity index (χ0v) is 10.9. The van der Waals surface area contributed by atoms with Crippen LogP contribution in [0.4, 0.5) is 14.5 Å². The molecule has 10 heteroatoms. The van der Waals surface area contributed by atoms with E-state index in [1.807, 2.05) is 0 Å². The van der Waals surface area contributed by atoms with Crippen molar-refractivity contribution in [2.24, 2.45) is 0 Å². The van der Waals surface area contributed by atoms with Gasteiger partial charge < -0.3 is 0 Å². The second-order valence-electron chi connectivity index (χ2n) is 2.80. The largest absolute Gasteiger partial charge is 0.293 e. The monoisotopic (exact) mass is 349 g/mol. The van der Waals surface area contributed by atoms with Crippen LogP contribution in [-0.2, 0) is 9.05 Å². The lowest BCUT2D eigenvalue weighted by Crippen LogP contribution is -2.04. The maximum Gasteiger partial charge on any atom is 0.293 e. The van der Waals surface area contributed by atoms with Gasteiger partial charge in [0.25, 0.3) is 21.2 Å². The van der Waals surface area contributed by atoms with Gasteiger partial charge in [-0.2, -0.15) is 0 Å². The van der Waals surface area contributed by atoms with Crippen LogP contribution in [0.2, 0.25) is 0 Å². The van der Waals surface area contributed by atoms with Gasteiger partial charge in [0.1, 0.15) is 5.56 Å². The number of hydrogen-bond acceptors (Lipinski definition) is 4. The molecule has 0 unspecified atom stereocenters. The molecule has 0 N–H and O–H groups in total. The van der Waals surface area contributed by atoms with Crippen molar-refractivity contribution >= 4 is 41.4 Å². The Hall–Kier alpha value is -0.800.